The van der Waals surface area contributed by atoms with Gasteiger partial charge in [0.2, 0.25) is 0 Å². The van der Waals surface area contributed by atoms with Crippen LogP contribution < -0.4 is 10.9 Å². The molecule has 100 valence electrons. The molecular weight excluding hydrogens is 234 g/mol. The molecule has 0 bridgehead atoms. The SMILES string of the molecule is CCC(CC)(CO)CNC(=O)c1ccc(=O)[nH]n1. The van der Waals surface area contributed by atoms with Crippen LogP contribution in [0.3, 0.4) is 0 Å². The second-order valence-corrected chi connectivity index (χ2v) is 4.35. The summed E-state index contributed by atoms with van der Waals surface area (Å²) in [6.45, 7) is 4.36. The molecule has 0 aliphatic heterocycles. The first kappa shape index (κ1) is 14.4. The van der Waals surface area contributed by atoms with Crippen LogP contribution in [0.1, 0.15) is 37.2 Å². The normalized spacial score (nSPS) is 11.3. The Morgan fingerprint density at radius 1 is 1.44 bits per heavy atom. The lowest BCUT2D eigenvalue weighted by atomic mass is 9.83. The molecule has 0 radical (unpaired) electrons. The number of hydrogen-bond acceptors (Lipinski definition) is 4. The van der Waals surface area contributed by atoms with Crippen LogP contribution in [0, 0.1) is 5.41 Å². The van der Waals surface area contributed by atoms with Crippen molar-refractivity contribution < 1.29 is 9.90 Å². The number of carbonyl (C=O) groups excluding carboxylic acids is 1. The average molecular weight is 253 g/mol. The van der Waals surface area contributed by atoms with Crippen molar-refractivity contribution in [3.05, 3.63) is 28.2 Å². The number of hydrogen-bond donors (Lipinski definition) is 3. The number of nitrogens with one attached hydrogen (secondary N) is 2. The largest absolute Gasteiger partial charge is 0.396 e. The Bertz CT molecular complexity index is 423. The maximum absolute atomic E-state index is 11.8. The summed E-state index contributed by atoms with van der Waals surface area (Å²) in [6, 6.07) is 2.62. The van der Waals surface area contributed by atoms with Gasteiger partial charge in [-0.3, -0.25) is 9.59 Å². The summed E-state index contributed by atoms with van der Waals surface area (Å²) in [6.07, 6.45) is 1.55. The highest BCUT2D eigenvalue weighted by Gasteiger charge is 2.26. The van der Waals surface area contributed by atoms with Gasteiger partial charge in [0.25, 0.3) is 11.5 Å². The van der Waals surface area contributed by atoms with Crippen LogP contribution in [0.4, 0.5) is 0 Å². The van der Waals surface area contributed by atoms with E-state index in [1.807, 2.05) is 13.8 Å². The lowest BCUT2D eigenvalue weighted by molar-refractivity contribution is 0.0846. The van der Waals surface area contributed by atoms with Crippen molar-refractivity contribution >= 4 is 5.91 Å². The van der Waals surface area contributed by atoms with Gasteiger partial charge < -0.3 is 10.4 Å². The summed E-state index contributed by atoms with van der Waals surface area (Å²) in [7, 11) is 0. The first-order valence-electron chi connectivity index (χ1n) is 6.01. The molecule has 0 atom stereocenters. The monoisotopic (exact) mass is 253 g/mol. The molecule has 0 aliphatic carbocycles. The van der Waals surface area contributed by atoms with Gasteiger partial charge in [-0.1, -0.05) is 13.8 Å². The molecule has 1 aromatic rings. The third-order valence-corrected chi connectivity index (χ3v) is 3.37. The molecule has 1 heterocycles. The van der Waals surface area contributed by atoms with Gasteiger partial charge >= 0.3 is 0 Å². The van der Waals surface area contributed by atoms with E-state index in [0.717, 1.165) is 12.8 Å². The van der Waals surface area contributed by atoms with Gasteiger partial charge in [0.05, 0.1) is 6.61 Å². The predicted octanol–water partition coefficient (Wildman–Crippen LogP) is 0.298. The lowest BCUT2D eigenvalue weighted by Crippen LogP contribution is -2.39. The van der Waals surface area contributed by atoms with Crippen molar-refractivity contribution in [2.75, 3.05) is 13.2 Å². The van der Waals surface area contributed by atoms with Gasteiger partial charge in [-0.05, 0) is 18.9 Å². The highest BCUT2D eigenvalue weighted by Crippen LogP contribution is 2.24. The fourth-order valence-corrected chi connectivity index (χ4v) is 1.61. The molecule has 0 unspecified atom stereocenters. The zero-order valence-electron chi connectivity index (χ0n) is 10.7. The minimum atomic E-state index is -0.356. The van der Waals surface area contributed by atoms with E-state index >= 15 is 0 Å². The Kier molecular flexibility index (Phi) is 5.03. The van der Waals surface area contributed by atoms with Crippen molar-refractivity contribution in [2.24, 2.45) is 5.41 Å². The molecule has 0 spiro atoms. The van der Waals surface area contributed by atoms with Crippen LogP contribution in [0.5, 0.6) is 0 Å². The third kappa shape index (κ3) is 3.40. The second-order valence-electron chi connectivity index (χ2n) is 4.35. The number of aliphatic hydroxyl groups excluding tert-OH is 1. The smallest absolute Gasteiger partial charge is 0.271 e. The highest BCUT2D eigenvalue weighted by molar-refractivity contribution is 5.91. The van der Waals surface area contributed by atoms with Gasteiger partial charge in [0.1, 0.15) is 5.69 Å². The number of aromatic amines is 1. The Labute approximate surface area is 105 Å². The maximum Gasteiger partial charge on any atom is 0.271 e. The average Bonchev–Trinajstić information content (AvgIpc) is 2.41. The van der Waals surface area contributed by atoms with E-state index in [1.54, 1.807) is 0 Å². The van der Waals surface area contributed by atoms with Crippen molar-refractivity contribution in [2.45, 2.75) is 26.7 Å². The van der Waals surface area contributed by atoms with E-state index in [9.17, 15) is 14.7 Å². The van der Waals surface area contributed by atoms with Crippen molar-refractivity contribution in [3.63, 3.8) is 0 Å². The fraction of sp³-hybridized carbons (Fsp3) is 0.583. The molecule has 6 nitrogen and oxygen atoms in total. The number of H-pyrrole nitrogens is 1. The minimum absolute atomic E-state index is 0.0271. The Balaban J connectivity index is 2.65. The van der Waals surface area contributed by atoms with Gasteiger partial charge in [-0.25, -0.2) is 5.10 Å². The molecule has 3 N–H and O–H groups in total. The van der Waals surface area contributed by atoms with E-state index in [2.05, 4.69) is 15.5 Å². The first-order valence-corrected chi connectivity index (χ1v) is 6.01. The molecule has 1 aromatic heterocycles. The Morgan fingerprint density at radius 2 is 2.11 bits per heavy atom. The summed E-state index contributed by atoms with van der Waals surface area (Å²) in [5.74, 6) is -0.356. The molecule has 1 amide bonds. The molecule has 6 heteroatoms. The summed E-state index contributed by atoms with van der Waals surface area (Å²) < 4.78 is 0. The topological polar surface area (TPSA) is 95.1 Å². The number of carbonyl (C=O) groups is 1. The van der Waals surface area contributed by atoms with E-state index in [1.165, 1.54) is 12.1 Å². The number of aromatic nitrogens is 2. The second kappa shape index (κ2) is 6.30. The van der Waals surface area contributed by atoms with Crippen LogP contribution in [0.2, 0.25) is 0 Å². The number of aliphatic hydroxyl groups is 1. The molecule has 0 fully saturated rings. The summed E-state index contributed by atoms with van der Waals surface area (Å²) in [5, 5.41) is 18.0. The molecule has 0 saturated carbocycles. The lowest BCUT2D eigenvalue weighted by Gasteiger charge is -2.29. The van der Waals surface area contributed by atoms with Crippen molar-refractivity contribution in [1.29, 1.82) is 0 Å². The molecular formula is C12H19N3O3. The van der Waals surface area contributed by atoms with Crippen LogP contribution in [-0.4, -0.2) is 34.4 Å². The molecule has 0 aromatic carbocycles. The van der Waals surface area contributed by atoms with E-state index in [-0.39, 0.29) is 29.2 Å². The quantitative estimate of drug-likeness (QED) is 0.679. The highest BCUT2D eigenvalue weighted by atomic mass is 16.3. The fourth-order valence-electron chi connectivity index (χ4n) is 1.61. The van der Waals surface area contributed by atoms with Gasteiger partial charge in [0, 0.05) is 18.0 Å². The Hall–Kier alpha value is -1.69. The number of amides is 1. The predicted molar refractivity (Wildman–Crippen MR) is 67.3 cm³/mol. The van der Waals surface area contributed by atoms with Crippen LogP contribution >= 0.6 is 0 Å². The third-order valence-electron chi connectivity index (χ3n) is 3.37. The van der Waals surface area contributed by atoms with Crippen molar-refractivity contribution in [1.82, 2.24) is 15.5 Å². The van der Waals surface area contributed by atoms with Crippen LogP contribution in [0.15, 0.2) is 16.9 Å². The standard InChI is InChI=1S/C12H19N3O3/c1-3-12(4-2,8-16)7-13-11(18)9-5-6-10(17)15-14-9/h5-6,16H,3-4,7-8H2,1-2H3,(H,13,18)(H,15,17). The zero-order chi connectivity index (χ0) is 13.6. The molecule has 0 aliphatic rings. The van der Waals surface area contributed by atoms with Gasteiger partial charge in [0.15, 0.2) is 0 Å². The molecule has 0 saturated heterocycles. The summed E-state index contributed by atoms with van der Waals surface area (Å²) in [5.41, 5.74) is -0.482. The number of nitrogens with zero attached hydrogens (tertiary/aromatic N) is 1. The van der Waals surface area contributed by atoms with E-state index in [4.69, 9.17) is 0 Å². The van der Waals surface area contributed by atoms with E-state index < -0.39 is 0 Å². The number of rotatable bonds is 6. The van der Waals surface area contributed by atoms with Gasteiger partial charge in [-0.2, -0.15) is 5.10 Å². The Morgan fingerprint density at radius 3 is 2.56 bits per heavy atom. The van der Waals surface area contributed by atoms with Crippen molar-refractivity contribution in [3.8, 4) is 0 Å². The molecule has 18 heavy (non-hydrogen) atoms. The molecule has 1 rings (SSSR count). The maximum atomic E-state index is 11.8. The summed E-state index contributed by atoms with van der Waals surface area (Å²) in [4.78, 5) is 22.6. The van der Waals surface area contributed by atoms with Crippen LogP contribution in [-0.2, 0) is 0 Å². The van der Waals surface area contributed by atoms with Crippen LogP contribution in [0.25, 0.3) is 0 Å². The zero-order valence-corrected chi connectivity index (χ0v) is 10.7. The van der Waals surface area contributed by atoms with Gasteiger partial charge in [-0.15, -0.1) is 0 Å². The first-order chi connectivity index (χ1) is 8.56. The minimum Gasteiger partial charge on any atom is -0.396 e. The van der Waals surface area contributed by atoms with E-state index in [0.29, 0.717) is 6.54 Å². The summed E-state index contributed by atoms with van der Waals surface area (Å²) >= 11 is 0.